The summed E-state index contributed by atoms with van der Waals surface area (Å²) in [5, 5.41) is 12.2. The Balaban J connectivity index is 1.86. The molecule has 0 aliphatic carbocycles. The van der Waals surface area contributed by atoms with Crippen LogP contribution in [0.5, 0.6) is 5.75 Å². The number of benzene rings is 2. The summed E-state index contributed by atoms with van der Waals surface area (Å²) in [4.78, 5) is 0. The number of nitrogen functional groups attached to an aromatic ring is 1. The van der Waals surface area contributed by atoms with E-state index in [-0.39, 0.29) is 0 Å². The smallest absolute Gasteiger partial charge is 0.119 e. The van der Waals surface area contributed by atoms with Gasteiger partial charge in [-0.2, -0.15) is 5.26 Å². The van der Waals surface area contributed by atoms with Crippen LogP contribution < -0.4 is 15.8 Å². The molecular weight excluding hydrogens is 318 g/mol. The Morgan fingerprint density at radius 1 is 1.20 bits per heavy atom. The van der Waals surface area contributed by atoms with Gasteiger partial charge in [-0.1, -0.05) is 15.9 Å². The second-order valence-electron chi connectivity index (χ2n) is 4.15. The Hall–Kier alpha value is -2.19. The van der Waals surface area contributed by atoms with Gasteiger partial charge < -0.3 is 15.8 Å². The molecule has 2 rings (SSSR count). The van der Waals surface area contributed by atoms with Gasteiger partial charge in [0.05, 0.1) is 11.3 Å². The number of nitrogens with two attached hydrogens (primary N) is 1. The summed E-state index contributed by atoms with van der Waals surface area (Å²) in [6, 6.07) is 14.9. The van der Waals surface area contributed by atoms with Crippen molar-refractivity contribution in [3.8, 4) is 11.8 Å². The van der Waals surface area contributed by atoms with E-state index in [1.807, 2.05) is 24.3 Å². The number of hydrogen-bond donors (Lipinski definition) is 2. The van der Waals surface area contributed by atoms with Gasteiger partial charge in [-0.3, -0.25) is 0 Å². The van der Waals surface area contributed by atoms with E-state index >= 15 is 0 Å². The standard InChI is InChI=1S/C15H14BrN3O/c16-12-2-1-11(10-17)15(9-12)19-7-8-20-14-5-3-13(18)4-6-14/h1-6,9,19H,7-8,18H2. The SMILES string of the molecule is N#Cc1ccc(Br)cc1NCCOc1ccc(N)cc1. The summed E-state index contributed by atoms with van der Waals surface area (Å²) in [6.07, 6.45) is 0. The molecule has 4 nitrogen and oxygen atoms in total. The molecule has 20 heavy (non-hydrogen) atoms. The van der Waals surface area contributed by atoms with Gasteiger partial charge in [0, 0.05) is 16.7 Å². The molecule has 0 atom stereocenters. The molecule has 0 spiro atoms. The zero-order chi connectivity index (χ0) is 14.4. The number of anilines is 2. The molecule has 0 aliphatic rings. The number of hydrogen-bond acceptors (Lipinski definition) is 4. The van der Waals surface area contributed by atoms with Crippen LogP contribution in [-0.4, -0.2) is 13.2 Å². The van der Waals surface area contributed by atoms with Crippen molar-refractivity contribution in [3.63, 3.8) is 0 Å². The average Bonchev–Trinajstić information content (AvgIpc) is 2.46. The maximum atomic E-state index is 9.02. The lowest BCUT2D eigenvalue weighted by atomic mass is 10.2. The first-order chi connectivity index (χ1) is 9.69. The van der Waals surface area contributed by atoms with E-state index in [1.165, 1.54) is 0 Å². The van der Waals surface area contributed by atoms with Crippen LogP contribution in [0.3, 0.4) is 0 Å². The summed E-state index contributed by atoms with van der Waals surface area (Å²) in [5.41, 5.74) is 7.72. The summed E-state index contributed by atoms with van der Waals surface area (Å²) in [5.74, 6) is 0.774. The van der Waals surface area contributed by atoms with E-state index in [2.05, 4.69) is 27.3 Å². The second-order valence-corrected chi connectivity index (χ2v) is 5.06. The highest BCUT2D eigenvalue weighted by Gasteiger charge is 2.02. The van der Waals surface area contributed by atoms with Gasteiger partial charge in [0.25, 0.3) is 0 Å². The number of nitriles is 1. The van der Waals surface area contributed by atoms with E-state index in [0.717, 1.165) is 15.9 Å². The van der Waals surface area contributed by atoms with Gasteiger partial charge >= 0.3 is 0 Å². The lowest BCUT2D eigenvalue weighted by Crippen LogP contribution is -2.12. The third kappa shape index (κ3) is 3.90. The summed E-state index contributed by atoms with van der Waals surface area (Å²) in [7, 11) is 0. The highest BCUT2D eigenvalue weighted by molar-refractivity contribution is 9.10. The van der Waals surface area contributed by atoms with E-state index in [4.69, 9.17) is 15.7 Å². The summed E-state index contributed by atoms with van der Waals surface area (Å²) in [6.45, 7) is 1.11. The Bertz CT molecular complexity index is 620. The molecule has 0 unspecified atom stereocenters. The molecule has 5 heteroatoms. The highest BCUT2D eigenvalue weighted by Crippen LogP contribution is 2.20. The maximum Gasteiger partial charge on any atom is 0.119 e. The minimum absolute atomic E-state index is 0.501. The molecule has 0 aliphatic heterocycles. The van der Waals surface area contributed by atoms with Crippen LogP contribution in [0.15, 0.2) is 46.9 Å². The minimum atomic E-state index is 0.501. The fourth-order valence-corrected chi connectivity index (χ4v) is 2.04. The van der Waals surface area contributed by atoms with Crippen molar-refractivity contribution >= 4 is 27.3 Å². The van der Waals surface area contributed by atoms with E-state index in [0.29, 0.717) is 24.4 Å². The van der Waals surface area contributed by atoms with Crippen molar-refractivity contribution in [2.24, 2.45) is 0 Å². The van der Waals surface area contributed by atoms with Gasteiger partial charge in [-0.15, -0.1) is 0 Å². The van der Waals surface area contributed by atoms with Crippen molar-refractivity contribution < 1.29 is 4.74 Å². The van der Waals surface area contributed by atoms with Gasteiger partial charge in [-0.25, -0.2) is 0 Å². The molecule has 0 heterocycles. The lowest BCUT2D eigenvalue weighted by molar-refractivity contribution is 0.333. The van der Waals surface area contributed by atoms with Crippen molar-refractivity contribution in [3.05, 3.63) is 52.5 Å². The Kier molecular flexibility index (Phi) is 4.85. The van der Waals surface area contributed by atoms with Crippen LogP contribution in [-0.2, 0) is 0 Å². The van der Waals surface area contributed by atoms with Gasteiger partial charge in [-0.05, 0) is 42.5 Å². The number of nitrogens with zero attached hydrogens (tertiary/aromatic N) is 1. The molecule has 0 amide bonds. The minimum Gasteiger partial charge on any atom is -0.492 e. The van der Waals surface area contributed by atoms with Crippen LogP contribution >= 0.6 is 15.9 Å². The number of ether oxygens (including phenoxy) is 1. The quantitative estimate of drug-likeness (QED) is 0.650. The molecule has 0 bridgehead atoms. The zero-order valence-corrected chi connectivity index (χ0v) is 12.4. The topological polar surface area (TPSA) is 71.1 Å². The first-order valence-electron chi connectivity index (χ1n) is 6.11. The predicted octanol–water partition coefficient (Wildman–Crippen LogP) is 3.39. The first kappa shape index (κ1) is 14.2. The fourth-order valence-electron chi connectivity index (χ4n) is 1.68. The molecule has 0 fully saturated rings. The summed E-state index contributed by atoms with van der Waals surface area (Å²) >= 11 is 3.39. The third-order valence-corrected chi connectivity index (χ3v) is 3.16. The molecule has 102 valence electrons. The molecule has 0 saturated carbocycles. The van der Waals surface area contributed by atoms with Crippen LogP contribution in [0.2, 0.25) is 0 Å². The molecule has 2 aromatic rings. The number of rotatable bonds is 5. The zero-order valence-electron chi connectivity index (χ0n) is 10.8. The molecular formula is C15H14BrN3O. The highest BCUT2D eigenvalue weighted by atomic mass is 79.9. The largest absolute Gasteiger partial charge is 0.492 e. The summed E-state index contributed by atoms with van der Waals surface area (Å²) < 4.78 is 6.50. The van der Waals surface area contributed by atoms with E-state index < -0.39 is 0 Å². The van der Waals surface area contributed by atoms with Crippen LogP contribution in [0.4, 0.5) is 11.4 Å². The monoisotopic (exact) mass is 331 g/mol. The molecule has 0 saturated heterocycles. The number of nitrogens with one attached hydrogen (secondary N) is 1. The van der Waals surface area contributed by atoms with Gasteiger partial charge in [0.15, 0.2) is 0 Å². The van der Waals surface area contributed by atoms with Crippen molar-refractivity contribution in [2.75, 3.05) is 24.2 Å². The van der Waals surface area contributed by atoms with Crippen LogP contribution in [0, 0.1) is 11.3 Å². The predicted molar refractivity (Wildman–Crippen MR) is 83.7 cm³/mol. The fraction of sp³-hybridized carbons (Fsp3) is 0.133. The molecule has 0 aromatic heterocycles. The van der Waals surface area contributed by atoms with Crippen LogP contribution in [0.25, 0.3) is 0 Å². The second kappa shape index (κ2) is 6.83. The molecule has 2 aromatic carbocycles. The van der Waals surface area contributed by atoms with Crippen LogP contribution in [0.1, 0.15) is 5.56 Å². The normalized spacial score (nSPS) is 9.80. The Morgan fingerprint density at radius 3 is 2.65 bits per heavy atom. The Morgan fingerprint density at radius 2 is 1.95 bits per heavy atom. The molecule has 3 N–H and O–H groups in total. The first-order valence-corrected chi connectivity index (χ1v) is 6.90. The average molecular weight is 332 g/mol. The van der Waals surface area contributed by atoms with Crippen molar-refractivity contribution in [1.82, 2.24) is 0 Å². The van der Waals surface area contributed by atoms with Gasteiger partial charge in [0.2, 0.25) is 0 Å². The van der Waals surface area contributed by atoms with E-state index in [9.17, 15) is 0 Å². The number of halogens is 1. The van der Waals surface area contributed by atoms with E-state index in [1.54, 1.807) is 18.2 Å². The van der Waals surface area contributed by atoms with Crippen molar-refractivity contribution in [1.29, 1.82) is 5.26 Å². The maximum absolute atomic E-state index is 9.02. The lowest BCUT2D eigenvalue weighted by Gasteiger charge is -2.10. The molecule has 0 radical (unpaired) electrons. The Labute approximate surface area is 126 Å². The van der Waals surface area contributed by atoms with Gasteiger partial charge in [0.1, 0.15) is 18.4 Å². The third-order valence-electron chi connectivity index (χ3n) is 2.67. The van der Waals surface area contributed by atoms with Crippen molar-refractivity contribution in [2.45, 2.75) is 0 Å².